The molecule has 1 aliphatic heterocycles. The van der Waals surface area contributed by atoms with Crippen molar-refractivity contribution < 1.29 is 9.53 Å². The quantitative estimate of drug-likeness (QED) is 0.853. The minimum absolute atomic E-state index is 0.0633. The number of carbonyl (C=O) groups excluding carboxylic acids is 1. The Morgan fingerprint density at radius 1 is 1.28 bits per heavy atom. The summed E-state index contributed by atoms with van der Waals surface area (Å²) in [6.07, 6.45) is 0. The molecule has 2 rings (SSSR count). The van der Waals surface area contributed by atoms with E-state index in [2.05, 4.69) is 33.3 Å². The van der Waals surface area contributed by atoms with Crippen molar-refractivity contribution in [3.05, 3.63) is 24.3 Å². The highest BCUT2D eigenvalue weighted by atomic mass is 16.5. The molecule has 1 aromatic carbocycles. The summed E-state index contributed by atoms with van der Waals surface area (Å²) < 4.78 is 5.19. The fourth-order valence-corrected chi connectivity index (χ4v) is 2.79. The van der Waals surface area contributed by atoms with Gasteiger partial charge in [0, 0.05) is 31.9 Å². The van der Waals surface area contributed by atoms with Gasteiger partial charge < -0.3 is 15.0 Å². The molecule has 1 amide bonds. The highest BCUT2D eigenvalue weighted by Crippen LogP contribution is 2.20. The molecule has 0 unspecified atom stereocenters. The summed E-state index contributed by atoms with van der Waals surface area (Å²) in [7, 11) is 1.66. The maximum absolute atomic E-state index is 12.3. The lowest BCUT2D eigenvalue weighted by molar-refractivity contribution is -0.124. The molecule has 1 aliphatic rings. The smallest absolute Gasteiger partial charge is 0.235 e. The van der Waals surface area contributed by atoms with E-state index in [-0.39, 0.29) is 11.8 Å². The Morgan fingerprint density at radius 2 is 1.88 bits per heavy atom. The molecule has 1 saturated heterocycles. The maximum Gasteiger partial charge on any atom is 0.235 e. The van der Waals surface area contributed by atoms with Crippen molar-refractivity contribution in [2.45, 2.75) is 26.3 Å². The maximum atomic E-state index is 12.3. The molecule has 0 spiro atoms. The van der Waals surface area contributed by atoms with E-state index in [1.165, 1.54) is 5.69 Å². The first kappa shape index (κ1) is 19.1. The van der Waals surface area contributed by atoms with Gasteiger partial charge in [0.05, 0.1) is 19.7 Å². The molecule has 6 nitrogen and oxygen atoms in total. The lowest BCUT2D eigenvalue weighted by Gasteiger charge is -2.36. The molecule has 1 N–H and O–H groups in total. The number of amides is 1. The van der Waals surface area contributed by atoms with Gasteiger partial charge in [-0.25, -0.2) is 0 Å². The molecule has 0 aromatic heterocycles. The number of piperazine rings is 1. The zero-order valence-corrected chi connectivity index (χ0v) is 15.6. The topological polar surface area (TPSA) is 68.6 Å². The van der Waals surface area contributed by atoms with Crippen molar-refractivity contribution in [1.82, 2.24) is 10.2 Å². The van der Waals surface area contributed by atoms with Gasteiger partial charge in [-0.2, -0.15) is 5.26 Å². The monoisotopic (exact) mass is 344 g/mol. The minimum Gasteiger partial charge on any atom is -0.497 e. The van der Waals surface area contributed by atoms with Crippen LogP contribution in [0, 0.1) is 17.2 Å². The van der Waals surface area contributed by atoms with Gasteiger partial charge in [0.25, 0.3) is 0 Å². The van der Waals surface area contributed by atoms with Crippen LogP contribution in [0.25, 0.3) is 0 Å². The van der Waals surface area contributed by atoms with Crippen molar-refractivity contribution in [2.24, 2.45) is 5.92 Å². The van der Waals surface area contributed by atoms with Crippen molar-refractivity contribution in [1.29, 1.82) is 5.26 Å². The van der Waals surface area contributed by atoms with Crippen LogP contribution in [0.15, 0.2) is 24.3 Å². The molecule has 0 radical (unpaired) electrons. The molecule has 136 valence electrons. The number of nitrogens with one attached hydrogen (secondary N) is 1. The van der Waals surface area contributed by atoms with Gasteiger partial charge in [0.15, 0.2) is 0 Å². The third-order valence-electron chi connectivity index (χ3n) is 4.96. The first-order chi connectivity index (χ1) is 11.9. The molecule has 1 fully saturated rings. The summed E-state index contributed by atoms with van der Waals surface area (Å²) >= 11 is 0. The molecule has 1 aromatic rings. The molecule has 25 heavy (non-hydrogen) atoms. The van der Waals surface area contributed by atoms with Gasteiger partial charge in [0.1, 0.15) is 11.3 Å². The van der Waals surface area contributed by atoms with Crippen LogP contribution in [0.5, 0.6) is 5.75 Å². The van der Waals surface area contributed by atoms with Crippen LogP contribution in [-0.4, -0.2) is 56.2 Å². The van der Waals surface area contributed by atoms with E-state index in [9.17, 15) is 10.1 Å². The molecule has 1 atom stereocenters. The molecular weight excluding hydrogens is 316 g/mol. The zero-order chi connectivity index (χ0) is 18.4. The summed E-state index contributed by atoms with van der Waals surface area (Å²) in [5.74, 6) is 0.828. The second kappa shape index (κ2) is 8.21. The number of nitriles is 1. The summed E-state index contributed by atoms with van der Waals surface area (Å²) in [5, 5.41) is 12.2. The first-order valence-corrected chi connectivity index (χ1v) is 8.71. The summed E-state index contributed by atoms with van der Waals surface area (Å²) in [6, 6.07) is 10.3. The number of anilines is 1. The van der Waals surface area contributed by atoms with Gasteiger partial charge in [-0.3, -0.25) is 9.69 Å². The van der Waals surface area contributed by atoms with Crippen LogP contribution in [0.2, 0.25) is 0 Å². The number of methoxy groups -OCH3 is 1. The largest absolute Gasteiger partial charge is 0.497 e. The molecular formula is C19H28N4O2. The van der Waals surface area contributed by atoms with Crippen LogP contribution in [-0.2, 0) is 4.79 Å². The molecule has 0 aliphatic carbocycles. The van der Waals surface area contributed by atoms with E-state index < -0.39 is 5.54 Å². The van der Waals surface area contributed by atoms with Crippen LogP contribution in [0.3, 0.4) is 0 Å². The predicted octanol–water partition coefficient (Wildman–Crippen LogP) is 1.87. The van der Waals surface area contributed by atoms with Crippen LogP contribution >= 0.6 is 0 Å². The number of hydrogen-bond acceptors (Lipinski definition) is 5. The number of rotatable bonds is 6. The Kier molecular flexibility index (Phi) is 6.27. The molecule has 0 bridgehead atoms. The van der Waals surface area contributed by atoms with E-state index >= 15 is 0 Å². The predicted molar refractivity (Wildman–Crippen MR) is 98.6 cm³/mol. The van der Waals surface area contributed by atoms with Crippen LogP contribution in [0.4, 0.5) is 5.69 Å². The minimum atomic E-state index is -0.817. The third-order valence-corrected chi connectivity index (χ3v) is 4.96. The molecule has 0 saturated carbocycles. The Bertz CT molecular complexity index is 615. The van der Waals surface area contributed by atoms with E-state index in [1.807, 2.05) is 26.0 Å². The fraction of sp³-hybridized carbons (Fsp3) is 0.579. The van der Waals surface area contributed by atoms with E-state index in [1.54, 1.807) is 14.0 Å². The van der Waals surface area contributed by atoms with Crippen molar-refractivity contribution >= 4 is 11.6 Å². The summed E-state index contributed by atoms with van der Waals surface area (Å²) in [4.78, 5) is 16.7. The highest BCUT2D eigenvalue weighted by Gasteiger charge is 2.30. The number of carbonyl (C=O) groups is 1. The Morgan fingerprint density at radius 3 is 2.36 bits per heavy atom. The van der Waals surface area contributed by atoms with E-state index in [0.29, 0.717) is 6.54 Å². The average Bonchev–Trinajstić information content (AvgIpc) is 2.62. The van der Waals surface area contributed by atoms with Gasteiger partial charge >= 0.3 is 0 Å². The molecule has 6 heteroatoms. The Balaban J connectivity index is 1.83. The van der Waals surface area contributed by atoms with Gasteiger partial charge in [0.2, 0.25) is 5.91 Å². The number of benzene rings is 1. The summed E-state index contributed by atoms with van der Waals surface area (Å²) in [5.41, 5.74) is 0.351. The zero-order valence-electron chi connectivity index (χ0n) is 15.6. The van der Waals surface area contributed by atoms with Gasteiger partial charge in [-0.15, -0.1) is 0 Å². The standard InChI is InChI=1S/C19H28N4O2/c1-15(2)19(3,14-20)21-18(24)13-22-9-11-23(12-10-22)16-5-7-17(25-4)8-6-16/h5-8,15H,9-13H2,1-4H3,(H,21,24)/t19-/m0/s1. The average molecular weight is 344 g/mol. The lowest BCUT2D eigenvalue weighted by Crippen LogP contribution is -2.54. The van der Waals surface area contributed by atoms with E-state index in [0.717, 1.165) is 31.9 Å². The SMILES string of the molecule is COc1ccc(N2CCN(CC(=O)N[C@@](C)(C#N)C(C)C)CC2)cc1. The number of nitrogens with zero attached hydrogens (tertiary/aromatic N) is 3. The highest BCUT2D eigenvalue weighted by molar-refractivity contribution is 5.79. The Labute approximate surface area is 150 Å². The van der Waals surface area contributed by atoms with Crippen molar-refractivity contribution in [3.63, 3.8) is 0 Å². The second-order valence-corrected chi connectivity index (χ2v) is 6.98. The normalized spacial score (nSPS) is 17.7. The Hall–Kier alpha value is -2.26. The van der Waals surface area contributed by atoms with Crippen molar-refractivity contribution in [2.75, 3.05) is 44.7 Å². The van der Waals surface area contributed by atoms with Gasteiger partial charge in [-0.1, -0.05) is 13.8 Å². The lowest BCUT2D eigenvalue weighted by atomic mass is 9.90. The van der Waals surface area contributed by atoms with Crippen molar-refractivity contribution in [3.8, 4) is 11.8 Å². The first-order valence-electron chi connectivity index (χ1n) is 8.71. The van der Waals surface area contributed by atoms with Crippen LogP contribution < -0.4 is 15.0 Å². The van der Waals surface area contributed by atoms with Gasteiger partial charge in [-0.05, 0) is 37.1 Å². The van der Waals surface area contributed by atoms with Crippen LogP contribution in [0.1, 0.15) is 20.8 Å². The fourth-order valence-electron chi connectivity index (χ4n) is 2.79. The third kappa shape index (κ3) is 4.86. The number of hydrogen-bond donors (Lipinski definition) is 1. The second-order valence-electron chi connectivity index (χ2n) is 6.98. The molecule has 1 heterocycles. The van der Waals surface area contributed by atoms with E-state index in [4.69, 9.17) is 4.74 Å². The summed E-state index contributed by atoms with van der Waals surface area (Å²) in [6.45, 7) is 9.39. The number of ether oxygens (including phenoxy) is 1.